The molecule has 0 atom stereocenters. The van der Waals surface area contributed by atoms with Gasteiger partial charge in [0.25, 0.3) is 0 Å². The van der Waals surface area contributed by atoms with Gasteiger partial charge in [-0.3, -0.25) is 4.68 Å². The average molecular weight is 176 g/mol. The first kappa shape index (κ1) is 8.04. The SMILES string of the molecule is Cn1cnc(CCn2cccc2)n1. The quantitative estimate of drug-likeness (QED) is 0.695. The maximum Gasteiger partial charge on any atom is 0.152 e. The van der Waals surface area contributed by atoms with Gasteiger partial charge in [-0.25, -0.2) is 4.98 Å². The topological polar surface area (TPSA) is 35.6 Å². The maximum atomic E-state index is 4.20. The van der Waals surface area contributed by atoms with Gasteiger partial charge in [0.05, 0.1) is 0 Å². The third-order valence-corrected chi connectivity index (χ3v) is 1.91. The number of hydrogen-bond donors (Lipinski definition) is 0. The normalized spacial score (nSPS) is 10.5. The molecular weight excluding hydrogens is 164 g/mol. The first-order chi connectivity index (χ1) is 6.34. The van der Waals surface area contributed by atoms with Gasteiger partial charge in [0.15, 0.2) is 5.82 Å². The van der Waals surface area contributed by atoms with E-state index in [1.165, 1.54) is 0 Å². The van der Waals surface area contributed by atoms with E-state index in [-0.39, 0.29) is 0 Å². The molecule has 0 bridgehead atoms. The zero-order valence-electron chi connectivity index (χ0n) is 7.59. The Morgan fingerprint density at radius 2 is 2.08 bits per heavy atom. The Morgan fingerprint density at radius 3 is 2.69 bits per heavy atom. The lowest BCUT2D eigenvalue weighted by atomic mass is 10.4. The lowest BCUT2D eigenvalue weighted by molar-refractivity contribution is 0.662. The van der Waals surface area contributed by atoms with E-state index in [0.717, 1.165) is 18.8 Å². The molecule has 4 nitrogen and oxygen atoms in total. The summed E-state index contributed by atoms with van der Waals surface area (Å²) in [6.45, 7) is 0.941. The molecular formula is C9H12N4. The van der Waals surface area contributed by atoms with Crippen LogP contribution < -0.4 is 0 Å². The number of hydrogen-bond acceptors (Lipinski definition) is 2. The van der Waals surface area contributed by atoms with Crippen molar-refractivity contribution < 1.29 is 0 Å². The van der Waals surface area contributed by atoms with Gasteiger partial charge in [-0.05, 0) is 12.1 Å². The second-order valence-electron chi connectivity index (χ2n) is 3.01. The Balaban J connectivity index is 1.93. The summed E-state index contributed by atoms with van der Waals surface area (Å²) in [5.74, 6) is 0.899. The van der Waals surface area contributed by atoms with Gasteiger partial charge in [0.1, 0.15) is 6.33 Å². The summed E-state index contributed by atoms with van der Waals surface area (Å²) >= 11 is 0. The van der Waals surface area contributed by atoms with E-state index in [1.54, 1.807) is 11.0 Å². The van der Waals surface area contributed by atoms with Gasteiger partial charge in [-0.1, -0.05) is 0 Å². The van der Waals surface area contributed by atoms with Crippen molar-refractivity contribution in [3.8, 4) is 0 Å². The summed E-state index contributed by atoms with van der Waals surface area (Å²) in [5.41, 5.74) is 0. The van der Waals surface area contributed by atoms with E-state index in [4.69, 9.17) is 0 Å². The molecule has 13 heavy (non-hydrogen) atoms. The molecule has 0 aliphatic heterocycles. The Kier molecular flexibility index (Phi) is 2.12. The predicted octanol–water partition coefficient (Wildman–Crippen LogP) is 0.859. The number of rotatable bonds is 3. The van der Waals surface area contributed by atoms with E-state index < -0.39 is 0 Å². The predicted molar refractivity (Wildman–Crippen MR) is 49.1 cm³/mol. The molecule has 0 aromatic carbocycles. The van der Waals surface area contributed by atoms with E-state index in [0.29, 0.717) is 0 Å². The van der Waals surface area contributed by atoms with Crippen molar-refractivity contribution in [2.75, 3.05) is 0 Å². The van der Waals surface area contributed by atoms with Crippen LogP contribution in [0.5, 0.6) is 0 Å². The van der Waals surface area contributed by atoms with Crippen molar-refractivity contribution in [3.63, 3.8) is 0 Å². The fourth-order valence-electron chi connectivity index (χ4n) is 1.25. The second-order valence-corrected chi connectivity index (χ2v) is 3.01. The van der Waals surface area contributed by atoms with Crippen molar-refractivity contribution in [2.45, 2.75) is 13.0 Å². The monoisotopic (exact) mass is 176 g/mol. The highest BCUT2D eigenvalue weighted by Crippen LogP contribution is 1.95. The fourth-order valence-corrected chi connectivity index (χ4v) is 1.25. The molecule has 0 aliphatic carbocycles. The van der Waals surface area contributed by atoms with E-state index in [1.807, 2.05) is 31.6 Å². The van der Waals surface area contributed by atoms with Crippen LogP contribution in [0.15, 0.2) is 30.9 Å². The smallest absolute Gasteiger partial charge is 0.152 e. The highest BCUT2D eigenvalue weighted by Gasteiger charge is 1.97. The summed E-state index contributed by atoms with van der Waals surface area (Å²) in [7, 11) is 1.88. The van der Waals surface area contributed by atoms with Crippen LogP contribution in [0.2, 0.25) is 0 Å². The molecule has 2 rings (SSSR count). The van der Waals surface area contributed by atoms with Crippen LogP contribution in [-0.4, -0.2) is 19.3 Å². The lowest BCUT2D eigenvalue weighted by Crippen LogP contribution is -2.00. The van der Waals surface area contributed by atoms with E-state index in [9.17, 15) is 0 Å². The molecule has 2 aromatic rings. The molecule has 0 spiro atoms. The van der Waals surface area contributed by atoms with E-state index in [2.05, 4.69) is 14.6 Å². The van der Waals surface area contributed by atoms with Gasteiger partial charge >= 0.3 is 0 Å². The van der Waals surface area contributed by atoms with Crippen molar-refractivity contribution in [1.29, 1.82) is 0 Å². The molecule has 68 valence electrons. The summed E-state index contributed by atoms with van der Waals surface area (Å²) < 4.78 is 3.85. The highest BCUT2D eigenvalue weighted by atomic mass is 15.3. The van der Waals surface area contributed by atoms with Gasteiger partial charge in [0, 0.05) is 32.4 Å². The molecule has 0 saturated heterocycles. The lowest BCUT2D eigenvalue weighted by Gasteiger charge is -1.98. The van der Waals surface area contributed by atoms with Gasteiger partial charge in [-0.15, -0.1) is 0 Å². The fraction of sp³-hybridized carbons (Fsp3) is 0.333. The van der Waals surface area contributed by atoms with Crippen LogP contribution in [0.3, 0.4) is 0 Å². The number of aryl methyl sites for hydroxylation is 3. The molecule has 2 aromatic heterocycles. The highest BCUT2D eigenvalue weighted by molar-refractivity contribution is 4.91. The molecule has 0 aliphatic rings. The van der Waals surface area contributed by atoms with Gasteiger partial charge < -0.3 is 4.57 Å². The molecule has 0 fully saturated rings. The zero-order chi connectivity index (χ0) is 9.10. The largest absolute Gasteiger partial charge is 0.354 e. The van der Waals surface area contributed by atoms with Gasteiger partial charge in [-0.2, -0.15) is 5.10 Å². The van der Waals surface area contributed by atoms with Crippen LogP contribution in [0, 0.1) is 0 Å². The summed E-state index contributed by atoms with van der Waals surface area (Å²) in [6.07, 6.45) is 6.70. The Bertz CT molecular complexity index is 361. The van der Waals surface area contributed by atoms with Crippen LogP contribution in [0.4, 0.5) is 0 Å². The molecule has 2 heterocycles. The first-order valence-corrected chi connectivity index (χ1v) is 4.30. The van der Waals surface area contributed by atoms with Crippen LogP contribution in [-0.2, 0) is 20.0 Å². The minimum atomic E-state index is 0.884. The van der Waals surface area contributed by atoms with Crippen molar-refractivity contribution in [2.24, 2.45) is 7.05 Å². The second kappa shape index (κ2) is 3.43. The molecule has 0 amide bonds. The van der Waals surface area contributed by atoms with Crippen molar-refractivity contribution >= 4 is 0 Å². The van der Waals surface area contributed by atoms with Crippen LogP contribution >= 0.6 is 0 Å². The Labute approximate surface area is 76.8 Å². The zero-order valence-corrected chi connectivity index (χ0v) is 7.59. The number of aromatic nitrogens is 4. The maximum absolute atomic E-state index is 4.20. The van der Waals surface area contributed by atoms with Crippen LogP contribution in [0.1, 0.15) is 5.82 Å². The standard InChI is InChI=1S/C9H12N4/c1-12-8-10-9(11-12)4-7-13-5-2-3-6-13/h2-3,5-6,8H,4,7H2,1H3. The minimum Gasteiger partial charge on any atom is -0.354 e. The van der Waals surface area contributed by atoms with Crippen LogP contribution in [0.25, 0.3) is 0 Å². The Hall–Kier alpha value is -1.58. The average Bonchev–Trinajstić information content (AvgIpc) is 2.71. The summed E-state index contributed by atoms with van der Waals surface area (Å²) in [4.78, 5) is 4.15. The molecule has 4 heteroatoms. The third-order valence-electron chi connectivity index (χ3n) is 1.91. The molecule has 0 saturated carbocycles. The van der Waals surface area contributed by atoms with Crippen molar-refractivity contribution in [3.05, 3.63) is 36.7 Å². The first-order valence-electron chi connectivity index (χ1n) is 4.30. The third kappa shape index (κ3) is 1.96. The Morgan fingerprint density at radius 1 is 1.31 bits per heavy atom. The summed E-state index contributed by atoms with van der Waals surface area (Å²) in [5, 5.41) is 4.20. The summed E-state index contributed by atoms with van der Waals surface area (Å²) in [6, 6.07) is 4.04. The molecule has 0 radical (unpaired) electrons. The molecule has 0 N–H and O–H groups in total. The minimum absolute atomic E-state index is 0.884. The molecule has 0 unspecified atom stereocenters. The number of nitrogens with zero attached hydrogens (tertiary/aromatic N) is 4. The van der Waals surface area contributed by atoms with E-state index >= 15 is 0 Å². The van der Waals surface area contributed by atoms with Crippen molar-refractivity contribution in [1.82, 2.24) is 19.3 Å². The van der Waals surface area contributed by atoms with Gasteiger partial charge in [0.2, 0.25) is 0 Å².